The molecule has 1 atom stereocenters. The molecule has 9 nitrogen and oxygen atoms in total. The summed E-state index contributed by atoms with van der Waals surface area (Å²) in [6.45, 7) is 2.41. The molecule has 1 aromatic heterocycles. The van der Waals surface area contributed by atoms with Crippen molar-refractivity contribution in [2.45, 2.75) is 24.7 Å². The van der Waals surface area contributed by atoms with E-state index in [1.807, 2.05) is 12.1 Å². The average Bonchev–Trinajstić information content (AvgIpc) is 3.25. The molecule has 11 heteroatoms. The van der Waals surface area contributed by atoms with E-state index in [4.69, 9.17) is 9.47 Å². The van der Waals surface area contributed by atoms with Gasteiger partial charge >= 0.3 is 5.97 Å². The second-order valence-corrected chi connectivity index (χ2v) is 10.8. The number of nitrogens with one attached hydrogen (secondary N) is 1. The number of methoxy groups -OCH3 is 1. The number of aromatic nitrogens is 1. The molecule has 1 amide bonds. The number of carbonyl (C=O) groups is 2. The van der Waals surface area contributed by atoms with E-state index in [0.717, 1.165) is 10.2 Å². The summed E-state index contributed by atoms with van der Waals surface area (Å²) in [6.07, 6.45) is 1.18. The monoisotopic (exact) mass is 503 g/mol. The molecule has 0 aliphatic carbocycles. The molecule has 0 saturated carbocycles. The molecule has 2 heterocycles. The number of ether oxygens (including phenoxy) is 2. The van der Waals surface area contributed by atoms with E-state index in [1.54, 1.807) is 20.1 Å². The minimum absolute atomic E-state index is 0.0700. The van der Waals surface area contributed by atoms with Crippen LogP contribution in [-0.4, -0.2) is 56.4 Å². The Labute approximate surface area is 201 Å². The van der Waals surface area contributed by atoms with Crippen LogP contribution in [0.3, 0.4) is 0 Å². The van der Waals surface area contributed by atoms with Gasteiger partial charge in [-0.15, -0.1) is 0 Å². The van der Waals surface area contributed by atoms with Gasteiger partial charge in [-0.25, -0.2) is 13.4 Å². The lowest BCUT2D eigenvalue weighted by molar-refractivity contribution is -0.149. The third-order valence-corrected chi connectivity index (χ3v) is 8.39. The predicted octanol–water partition coefficient (Wildman–Crippen LogP) is 3.52. The van der Waals surface area contributed by atoms with Gasteiger partial charge in [-0.3, -0.25) is 14.9 Å². The van der Waals surface area contributed by atoms with E-state index in [2.05, 4.69) is 10.3 Å². The van der Waals surface area contributed by atoms with Crippen LogP contribution in [0.1, 0.15) is 30.1 Å². The van der Waals surface area contributed by atoms with E-state index in [1.165, 1.54) is 39.9 Å². The maximum absolute atomic E-state index is 13.1. The number of hydrogen-bond donors (Lipinski definition) is 1. The van der Waals surface area contributed by atoms with Crippen LogP contribution in [0.2, 0.25) is 0 Å². The average molecular weight is 504 g/mol. The van der Waals surface area contributed by atoms with E-state index in [-0.39, 0.29) is 24.0 Å². The van der Waals surface area contributed by atoms with Gasteiger partial charge in [0.2, 0.25) is 10.0 Å². The summed E-state index contributed by atoms with van der Waals surface area (Å²) in [4.78, 5) is 29.2. The molecule has 0 spiro atoms. The predicted molar refractivity (Wildman–Crippen MR) is 129 cm³/mol. The van der Waals surface area contributed by atoms with Gasteiger partial charge in [-0.2, -0.15) is 4.31 Å². The van der Waals surface area contributed by atoms with Gasteiger partial charge in [0.25, 0.3) is 5.91 Å². The second kappa shape index (κ2) is 10.1. The minimum atomic E-state index is -3.80. The van der Waals surface area contributed by atoms with Gasteiger partial charge in [-0.1, -0.05) is 11.3 Å². The highest BCUT2D eigenvalue weighted by atomic mass is 32.2. The van der Waals surface area contributed by atoms with Crippen molar-refractivity contribution in [3.05, 3.63) is 48.0 Å². The molecule has 1 aliphatic rings. The van der Waals surface area contributed by atoms with Crippen molar-refractivity contribution in [3.8, 4) is 5.75 Å². The smallest absolute Gasteiger partial charge is 0.310 e. The molecular weight excluding hydrogens is 478 g/mol. The Bertz CT molecular complexity index is 1300. The molecule has 0 radical (unpaired) electrons. The molecule has 4 rings (SSSR count). The number of fused-ring (bicyclic) bond motifs is 1. The molecule has 180 valence electrons. The number of nitrogens with zero attached hydrogens (tertiary/aromatic N) is 2. The summed E-state index contributed by atoms with van der Waals surface area (Å²) >= 11 is 1.32. The van der Waals surface area contributed by atoms with E-state index in [9.17, 15) is 18.0 Å². The summed E-state index contributed by atoms with van der Waals surface area (Å²) in [6, 6.07) is 11.2. The largest absolute Gasteiger partial charge is 0.497 e. The number of piperidine rings is 1. The lowest BCUT2D eigenvalue weighted by atomic mass is 10.0. The van der Waals surface area contributed by atoms with Crippen LogP contribution in [-0.2, 0) is 19.6 Å². The number of sulfonamides is 1. The molecule has 2 aromatic carbocycles. The van der Waals surface area contributed by atoms with Crippen molar-refractivity contribution in [2.75, 3.05) is 32.1 Å². The highest BCUT2D eigenvalue weighted by Crippen LogP contribution is 2.30. The zero-order valence-corrected chi connectivity index (χ0v) is 20.4. The van der Waals surface area contributed by atoms with Gasteiger partial charge in [0.05, 0.1) is 34.7 Å². The van der Waals surface area contributed by atoms with Crippen molar-refractivity contribution in [3.63, 3.8) is 0 Å². The lowest BCUT2D eigenvalue weighted by Gasteiger charge is -2.30. The van der Waals surface area contributed by atoms with Crippen LogP contribution in [0, 0.1) is 5.92 Å². The molecule has 1 unspecified atom stereocenters. The molecule has 3 aromatic rings. The minimum Gasteiger partial charge on any atom is -0.497 e. The fraction of sp³-hybridized carbons (Fsp3) is 0.348. The molecular formula is C23H25N3O6S2. The highest BCUT2D eigenvalue weighted by molar-refractivity contribution is 7.89. The second-order valence-electron chi connectivity index (χ2n) is 7.79. The first-order valence-corrected chi connectivity index (χ1v) is 13.1. The number of esters is 1. The fourth-order valence-electron chi connectivity index (χ4n) is 3.80. The van der Waals surface area contributed by atoms with Crippen LogP contribution in [0.4, 0.5) is 5.13 Å². The van der Waals surface area contributed by atoms with E-state index in [0.29, 0.717) is 35.8 Å². The molecule has 0 bridgehead atoms. The standard InChI is InChI=1S/C23H25N3O6S2/c1-3-32-22(28)16-5-4-12-26(14-16)34(29,30)18-9-6-15(7-10-18)21(27)25-23-24-19-11-8-17(31-2)13-20(19)33-23/h6-11,13,16H,3-5,12,14H2,1-2H3,(H,24,25,27). The molecule has 1 saturated heterocycles. The van der Waals surface area contributed by atoms with Gasteiger partial charge in [0, 0.05) is 18.7 Å². The van der Waals surface area contributed by atoms with Crippen LogP contribution < -0.4 is 10.1 Å². The van der Waals surface area contributed by atoms with Crippen molar-refractivity contribution in [2.24, 2.45) is 5.92 Å². The van der Waals surface area contributed by atoms with Crippen LogP contribution in [0.25, 0.3) is 10.2 Å². The van der Waals surface area contributed by atoms with Gasteiger partial charge in [0.1, 0.15) is 5.75 Å². The third-order valence-electron chi connectivity index (χ3n) is 5.57. The zero-order chi connectivity index (χ0) is 24.3. The number of amides is 1. The van der Waals surface area contributed by atoms with Crippen LogP contribution in [0.5, 0.6) is 5.75 Å². The summed E-state index contributed by atoms with van der Waals surface area (Å²) in [7, 11) is -2.21. The summed E-state index contributed by atoms with van der Waals surface area (Å²) < 4.78 is 38.6. The normalized spacial score (nSPS) is 16.8. The maximum Gasteiger partial charge on any atom is 0.310 e. The topological polar surface area (TPSA) is 115 Å². The van der Waals surface area contributed by atoms with Crippen LogP contribution >= 0.6 is 11.3 Å². The highest BCUT2D eigenvalue weighted by Gasteiger charge is 2.34. The number of anilines is 1. The number of hydrogen-bond acceptors (Lipinski definition) is 8. The van der Waals surface area contributed by atoms with Crippen molar-refractivity contribution in [1.82, 2.24) is 9.29 Å². The summed E-state index contributed by atoms with van der Waals surface area (Å²) in [5.74, 6) is -0.534. The van der Waals surface area contributed by atoms with Crippen molar-refractivity contribution in [1.29, 1.82) is 0 Å². The number of carbonyl (C=O) groups excluding carboxylic acids is 2. The molecule has 34 heavy (non-hydrogen) atoms. The number of rotatable bonds is 7. The van der Waals surface area contributed by atoms with E-state index < -0.39 is 21.8 Å². The van der Waals surface area contributed by atoms with Gasteiger partial charge < -0.3 is 9.47 Å². The Hall–Kier alpha value is -3.02. The maximum atomic E-state index is 13.1. The van der Waals surface area contributed by atoms with Crippen LogP contribution in [0.15, 0.2) is 47.4 Å². The van der Waals surface area contributed by atoms with E-state index >= 15 is 0 Å². The Kier molecular flexibility index (Phi) is 7.15. The Balaban J connectivity index is 1.45. The zero-order valence-electron chi connectivity index (χ0n) is 18.8. The van der Waals surface area contributed by atoms with Gasteiger partial charge in [0.15, 0.2) is 5.13 Å². The number of benzene rings is 2. The first-order valence-electron chi connectivity index (χ1n) is 10.8. The molecule has 1 aliphatic heterocycles. The first-order chi connectivity index (χ1) is 16.3. The van der Waals surface area contributed by atoms with Gasteiger partial charge in [-0.05, 0) is 62.2 Å². The van der Waals surface area contributed by atoms with Crippen molar-refractivity contribution >= 4 is 48.6 Å². The third kappa shape index (κ3) is 5.06. The lowest BCUT2D eigenvalue weighted by Crippen LogP contribution is -2.42. The Morgan fingerprint density at radius 2 is 1.97 bits per heavy atom. The summed E-state index contributed by atoms with van der Waals surface area (Å²) in [5, 5.41) is 3.19. The fourth-order valence-corrected chi connectivity index (χ4v) is 6.21. The van der Waals surface area contributed by atoms with Crippen molar-refractivity contribution < 1.29 is 27.5 Å². The quantitative estimate of drug-likeness (QED) is 0.491. The summed E-state index contributed by atoms with van der Waals surface area (Å²) in [5.41, 5.74) is 1.05. The Morgan fingerprint density at radius 1 is 1.21 bits per heavy atom. The molecule has 1 N–H and O–H groups in total. The number of thiazole rings is 1. The SMILES string of the molecule is CCOC(=O)C1CCCN(S(=O)(=O)c2ccc(C(=O)Nc3nc4ccc(OC)cc4s3)cc2)C1. The first kappa shape index (κ1) is 24.1. The molecule has 1 fully saturated rings. The Morgan fingerprint density at radius 3 is 2.68 bits per heavy atom.